The maximum absolute atomic E-state index is 12.1. The van der Waals surface area contributed by atoms with Crippen LogP contribution in [0.5, 0.6) is 5.75 Å². The summed E-state index contributed by atoms with van der Waals surface area (Å²) in [6.45, 7) is 0. The molecule has 1 aromatic heterocycles. The van der Waals surface area contributed by atoms with Crippen LogP contribution in [0, 0.1) is 0 Å². The Bertz CT molecular complexity index is 863. The van der Waals surface area contributed by atoms with Crippen LogP contribution < -0.4 is 10.1 Å². The molecule has 1 N–H and O–H groups in total. The highest BCUT2D eigenvalue weighted by atomic mass is 35.5. The van der Waals surface area contributed by atoms with E-state index in [1.807, 2.05) is 48.5 Å². The van der Waals surface area contributed by atoms with Crippen LogP contribution in [0.25, 0.3) is 0 Å². The fourth-order valence-corrected chi connectivity index (χ4v) is 3.30. The third-order valence-electron chi connectivity index (χ3n) is 3.78. The first-order chi connectivity index (χ1) is 12.6. The Hall–Kier alpha value is -2.44. The molecule has 3 rings (SSSR count). The zero-order chi connectivity index (χ0) is 18.4. The summed E-state index contributed by atoms with van der Waals surface area (Å²) in [6.07, 6.45) is 1.71. The van der Waals surface area contributed by atoms with Crippen molar-refractivity contribution in [1.82, 2.24) is 10.2 Å². The zero-order valence-electron chi connectivity index (χ0n) is 14.2. The number of nitrogens with one attached hydrogen (secondary N) is 1. The third kappa shape index (κ3) is 5.28. The number of aryl methyl sites for hydroxylation is 1. The first-order valence-electron chi connectivity index (χ1n) is 8.12. The lowest BCUT2D eigenvalue weighted by Crippen LogP contribution is -2.12. The molecule has 5 nitrogen and oxygen atoms in total. The summed E-state index contributed by atoms with van der Waals surface area (Å²) in [7, 11) is 1.63. The number of aromatic nitrogens is 2. The smallest absolute Gasteiger partial charge is 0.226 e. The number of hydrogen-bond acceptors (Lipinski definition) is 5. The van der Waals surface area contributed by atoms with Crippen LogP contribution in [0.4, 0.5) is 5.13 Å². The highest BCUT2D eigenvalue weighted by Gasteiger charge is 2.09. The molecule has 0 saturated carbocycles. The fourth-order valence-electron chi connectivity index (χ4n) is 2.38. The van der Waals surface area contributed by atoms with Crippen LogP contribution in [0.15, 0.2) is 48.5 Å². The lowest BCUT2D eigenvalue weighted by molar-refractivity contribution is -0.116. The second-order valence-corrected chi connectivity index (χ2v) is 7.20. The summed E-state index contributed by atoms with van der Waals surface area (Å²) in [5.74, 6) is 0.732. The van der Waals surface area contributed by atoms with Gasteiger partial charge in [-0.25, -0.2) is 0 Å². The number of halogens is 1. The largest absolute Gasteiger partial charge is 0.497 e. The van der Waals surface area contributed by atoms with Gasteiger partial charge in [0.05, 0.1) is 7.11 Å². The summed E-state index contributed by atoms with van der Waals surface area (Å²) in [5, 5.41) is 13.1. The average molecular weight is 388 g/mol. The molecule has 0 radical (unpaired) electrons. The number of carbonyl (C=O) groups is 1. The number of nitrogens with zero attached hydrogens (tertiary/aromatic N) is 2. The lowest BCUT2D eigenvalue weighted by Gasteiger charge is -2.03. The molecule has 0 unspecified atom stereocenters. The van der Waals surface area contributed by atoms with E-state index in [1.165, 1.54) is 11.3 Å². The molecule has 0 aliphatic heterocycles. The first-order valence-corrected chi connectivity index (χ1v) is 9.31. The monoisotopic (exact) mass is 387 g/mol. The highest BCUT2D eigenvalue weighted by Crippen LogP contribution is 2.20. The SMILES string of the molecule is COc1ccc(CCC(=O)Nc2nnc(Cc3ccc(Cl)cc3)s2)cc1. The van der Waals surface area contributed by atoms with E-state index in [9.17, 15) is 4.79 Å². The lowest BCUT2D eigenvalue weighted by atomic mass is 10.1. The Balaban J connectivity index is 1.49. The molecule has 0 aliphatic carbocycles. The van der Waals surface area contributed by atoms with E-state index in [2.05, 4.69) is 15.5 Å². The molecular weight excluding hydrogens is 370 g/mol. The van der Waals surface area contributed by atoms with Crippen LogP contribution in [-0.4, -0.2) is 23.2 Å². The van der Waals surface area contributed by atoms with Crippen molar-refractivity contribution in [3.05, 3.63) is 69.7 Å². The van der Waals surface area contributed by atoms with E-state index in [0.29, 0.717) is 29.4 Å². The van der Waals surface area contributed by atoms with Gasteiger partial charge in [0, 0.05) is 17.9 Å². The van der Waals surface area contributed by atoms with Gasteiger partial charge in [0.15, 0.2) is 0 Å². The Morgan fingerprint density at radius 3 is 2.46 bits per heavy atom. The van der Waals surface area contributed by atoms with Crippen molar-refractivity contribution in [3.8, 4) is 5.75 Å². The van der Waals surface area contributed by atoms with Crippen LogP contribution in [-0.2, 0) is 17.6 Å². The quantitative estimate of drug-likeness (QED) is 0.654. The number of ether oxygens (including phenoxy) is 1. The van der Waals surface area contributed by atoms with Crippen LogP contribution in [0.2, 0.25) is 5.02 Å². The summed E-state index contributed by atoms with van der Waals surface area (Å²) in [6, 6.07) is 15.3. The minimum atomic E-state index is -0.0741. The topological polar surface area (TPSA) is 64.1 Å². The Morgan fingerprint density at radius 2 is 1.77 bits per heavy atom. The molecule has 3 aromatic rings. The number of anilines is 1. The van der Waals surface area contributed by atoms with Crippen molar-refractivity contribution in [1.29, 1.82) is 0 Å². The van der Waals surface area contributed by atoms with Crippen molar-refractivity contribution in [3.63, 3.8) is 0 Å². The Labute approximate surface area is 161 Å². The molecular formula is C19H18ClN3O2S. The van der Waals surface area contributed by atoms with Crippen molar-refractivity contribution in [2.45, 2.75) is 19.3 Å². The van der Waals surface area contributed by atoms with Gasteiger partial charge in [0.25, 0.3) is 0 Å². The molecule has 26 heavy (non-hydrogen) atoms. The number of hydrogen-bond donors (Lipinski definition) is 1. The summed E-state index contributed by atoms with van der Waals surface area (Å²) < 4.78 is 5.12. The van der Waals surface area contributed by atoms with Gasteiger partial charge in [-0.05, 0) is 41.8 Å². The first kappa shape index (κ1) is 18.4. The molecule has 0 spiro atoms. The Morgan fingerprint density at radius 1 is 1.08 bits per heavy atom. The van der Waals surface area contributed by atoms with Crippen LogP contribution >= 0.6 is 22.9 Å². The highest BCUT2D eigenvalue weighted by molar-refractivity contribution is 7.15. The van der Waals surface area contributed by atoms with Gasteiger partial charge in [0.2, 0.25) is 11.0 Å². The zero-order valence-corrected chi connectivity index (χ0v) is 15.8. The second kappa shape index (κ2) is 8.78. The normalized spacial score (nSPS) is 10.5. The summed E-state index contributed by atoms with van der Waals surface area (Å²) in [5.41, 5.74) is 2.18. The number of amides is 1. The molecule has 1 heterocycles. The van der Waals surface area contributed by atoms with Gasteiger partial charge >= 0.3 is 0 Å². The second-order valence-electron chi connectivity index (χ2n) is 5.70. The molecule has 2 aromatic carbocycles. The van der Waals surface area contributed by atoms with Gasteiger partial charge in [-0.2, -0.15) is 0 Å². The molecule has 1 amide bonds. The van der Waals surface area contributed by atoms with Crippen LogP contribution in [0.3, 0.4) is 0 Å². The molecule has 0 aliphatic rings. The maximum atomic E-state index is 12.1. The fraction of sp³-hybridized carbons (Fsp3) is 0.211. The summed E-state index contributed by atoms with van der Waals surface area (Å²) >= 11 is 7.27. The van der Waals surface area contributed by atoms with E-state index >= 15 is 0 Å². The predicted molar refractivity (Wildman–Crippen MR) is 104 cm³/mol. The van der Waals surface area contributed by atoms with E-state index in [-0.39, 0.29) is 5.91 Å². The molecule has 0 atom stereocenters. The van der Waals surface area contributed by atoms with Crippen molar-refractivity contribution >= 4 is 34.0 Å². The Kier molecular flexibility index (Phi) is 6.20. The minimum Gasteiger partial charge on any atom is -0.497 e. The van der Waals surface area contributed by atoms with Gasteiger partial charge in [-0.3, -0.25) is 4.79 Å². The van der Waals surface area contributed by atoms with E-state index in [1.54, 1.807) is 7.11 Å². The van der Waals surface area contributed by atoms with Crippen molar-refractivity contribution in [2.75, 3.05) is 12.4 Å². The van der Waals surface area contributed by atoms with E-state index in [4.69, 9.17) is 16.3 Å². The number of benzene rings is 2. The molecule has 134 valence electrons. The van der Waals surface area contributed by atoms with Gasteiger partial charge < -0.3 is 10.1 Å². The van der Waals surface area contributed by atoms with Gasteiger partial charge in [-0.1, -0.05) is 47.2 Å². The number of methoxy groups -OCH3 is 1. The molecule has 0 fully saturated rings. The summed E-state index contributed by atoms with van der Waals surface area (Å²) in [4.78, 5) is 12.1. The van der Waals surface area contributed by atoms with Crippen molar-refractivity contribution < 1.29 is 9.53 Å². The van der Waals surface area contributed by atoms with Crippen molar-refractivity contribution in [2.24, 2.45) is 0 Å². The molecule has 0 saturated heterocycles. The molecule has 0 bridgehead atoms. The number of carbonyl (C=O) groups excluding carboxylic acids is 1. The van der Waals surface area contributed by atoms with E-state index < -0.39 is 0 Å². The predicted octanol–water partition coefficient (Wildman–Crippen LogP) is 4.36. The van der Waals surface area contributed by atoms with E-state index in [0.717, 1.165) is 21.9 Å². The van der Waals surface area contributed by atoms with Crippen LogP contribution in [0.1, 0.15) is 22.6 Å². The standard InChI is InChI=1S/C19H18ClN3O2S/c1-25-16-9-4-13(5-10-16)6-11-17(24)21-19-23-22-18(26-19)12-14-2-7-15(20)8-3-14/h2-5,7-10H,6,11-12H2,1H3,(H,21,23,24). The third-order valence-corrected chi connectivity index (χ3v) is 4.87. The van der Waals surface area contributed by atoms with Gasteiger partial charge in [-0.15, -0.1) is 10.2 Å². The molecule has 7 heteroatoms. The number of rotatable bonds is 7. The average Bonchev–Trinajstić information content (AvgIpc) is 3.09. The minimum absolute atomic E-state index is 0.0741. The van der Waals surface area contributed by atoms with Gasteiger partial charge in [0.1, 0.15) is 10.8 Å². The maximum Gasteiger partial charge on any atom is 0.226 e.